The summed E-state index contributed by atoms with van der Waals surface area (Å²) in [6, 6.07) is 14.4. The molecule has 1 saturated carbocycles. The van der Waals surface area contributed by atoms with E-state index < -0.39 is 0 Å². The van der Waals surface area contributed by atoms with E-state index in [0.29, 0.717) is 12.0 Å². The summed E-state index contributed by atoms with van der Waals surface area (Å²) in [6.45, 7) is 4.48. The van der Waals surface area contributed by atoms with E-state index in [2.05, 4.69) is 62.0 Å². The summed E-state index contributed by atoms with van der Waals surface area (Å²) in [5.74, 6) is 2.74. The van der Waals surface area contributed by atoms with Gasteiger partial charge in [-0.25, -0.2) is 0 Å². The van der Waals surface area contributed by atoms with Crippen LogP contribution in [-0.4, -0.2) is 11.8 Å². The van der Waals surface area contributed by atoms with Crippen molar-refractivity contribution in [3.63, 3.8) is 0 Å². The highest BCUT2D eigenvalue weighted by atomic mass is 32.2. The van der Waals surface area contributed by atoms with Crippen molar-refractivity contribution in [2.24, 2.45) is 11.7 Å². The third-order valence-electron chi connectivity index (χ3n) is 6.38. The Labute approximate surface area is 162 Å². The minimum atomic E-state index is 0.419. The van der Waals surface area contributed by atoms with Crippen molar-refractivity contribution in [3.8, 4) is 0 Å². The molecular weight excluding hydrogens is 334 g/mol. The Morgan fingerprint density at radius 2 is 1.81 bits per heavy atom. The second kappa shape index (κ2) is 7.78. The molecule has 0 aromatic heterocycles. The monoisotopic (exact) mass is 365 g/mol. The van der Waals surface area contributed by atoms with Crippen LogP contribution in [0.4, 0.5) is 0 Å². The smallest absolute Gasteiger partial charge is 0.0130 e. The van der Waals surface area contributed by atoms with E-state index >= 15 is 0 Å². The molecule has 2 heteroatoms. The van der Waals surface area contributed by atoms with Crippen LogP contribution in [0, 0.1) is 19.8 Å². The van der Waals surface area contributed by atoms with Gasteiger partial charge < -0.3 is 5.73 Å². The lowest BCUT2D eigenvalue weighted by Crippen LogP contribution is -2.17. The number of nitrogens with two attached hydrogens (primary N) is 1. The highest BCUT2D eigenvalue weighted by Crippen LogP contribution is 2.37. The molecule has 0 amide bonds. The van der Waals surface area contributed by atoms with Gasteiger partial charge in [0.05, 0.1) is 0 Å². The summed E-state index contributed by atoms with van der Waals surface area (Å²) in [7, 11) is 0. The predicted molar refractivity (Wildman–Crippen MR) is 113 cm³/mol. The summed E-state index contributed by atoms with van der Waals surface area (Å²) in [5, 5.41) is 0. The molecule has 2 aromatic carbocycles. The highest BCUT2D eigenvalue weighted by Gasteiger charge is 2.25. The summed E-state index contributed by atoms with van der Waals surface area (Å²) in [4.78, 5) is 1.49. The Hall–Kier alpha value is -1.25. The molecular formula is C24H31NS. The first-order chi connectivity index (χ1) is 12.6. The highest BCUT2D eigenvalue weighted by molar-refractivity contribution is 7.99. The van der Waals surface area contributed by atoms with Gasteiger partial charge in [0.15, 0.2) is 0 Å². The first-order valence-electron chi connectivity index (χ1n) is 10.2. The molecule has 1 nitrogen and oxygen atoms in total. The van der Waals surface area contributed by atoms with Crippen LogP contribution in [0.15, 0.2) is 41.3 Å². The molecule has 3 unspecified atom stereocenters. The summed E-state index contributed by atoms with van der Waals surface area (Å²) >= 11 is 2.06. The van der Waals surface area contributed by atoms with E-state index in [4.69, 9.17) is 5.73 Å². The van der Waals surface area contributed by atoms with Crippen molar-refractivity contribution in [3.05, 3.63) is 64.2 Å². The van der Waals surface area contributed by atoms with Crippen molar-refractivity contribution < 1.29 is 0 Å². The zero-order valence-corrected chi connectivity index (χ0v) is 16.9. The molecule has 0 radical (unpaired) electrons. The van der Waals surface area contributed by atoms with Gasteiger partial charge in [-0.15, -0.1) is 11.8 Å². The van der Waals surface area contributed by atoms with E-state index in [9.17, 15) is 0 Å². The lowest BCUT2D eigenvalue weighted by Gasteiger charge is -2.26. The van der Waals surface area contributed by atoms with E-state index in [1.807, 2.05) is 0 Å². The van der Waals surface area contributed by atoms with Crippen LogP contribution in [0.5, 0.6) is 0 Å². The van der Waals surface area contributed by atoms with Crippen LogP contribution in [0.2, 0.25) is 0 Å². The maximum Gasteiger partial charge on any atom is 0.0130 e. The second-order valence-corrected chi connectivity index (χ2v) is 9.47. The molecule has 0 saturated heterocycles. The maximum absolute atomic E-state index is 6.12. The van der Waals surface area contributed by atoms with Crippen molar-refractivity contribution in [2.45, 2.75) is 69.2 Å². The summed E-state index contributed by atoms with van der Waals surface area (Å²) in [5.41, 5.74) is 13.7. The molecule has 0 spiro atoms. The molecule has 0 heterocycles. The van der Waals surface area contributed by atoms with Crippen LogP contribution in [0.1, 0.15) is 59.4 Å². The fraction of sp³-hybridized carbons (Fsp3) is 0.500. The first kappa shape index (κ1) is 18.1. The third kappa shape index (κ3) is 3.87. The molecule has 26 heavy (non-hydrogen) atoms. The fourth-order valence-corrected chi connectivity index (χ4v) is 6.07. The van der Waals surface area contributed by atoms with Crippen molar-refractivity contribution in [2.75, 3.05) is 5.75 Å². The van der Waals surface area contributed by atoms with Gasteiger partial charge in [0, 0.05) is 16.7 Å². The number of hydrogen-bond acceptors (Lipinski definition) is 2. The standard InChI is InChI=1S/C24H31NS/c1-16-4-3-5-17(2)24(16)26-15-18-6-7-20-13-21(9-8-19(20)12-18)22-10-11-23(25)14-22/h3-5,8-9,13,18,22-23H,6-7,10-12,14-15,25H2,1-2H3. The quantitative estimate of drug-likeness (QED) is 0.693. The first-order valence-corrected chi connectivity index (χ1v) is 11.1. The molecule has 1 fully saturated rings. The number of fused-ring (bicyclic) bond motifs is 1. The van der Waals surface area contributed by atoms with Gasteiger partial charge >= 0.3 is 0 Å². The van der Waals surface area contributed by atoms with Gasteiger partial charge in [-0.1, -0.05) is 36.4 Å². The molecule has 2 N–H and O–H groups in total. The van der Waals surface area contributed by atoms with E-state index in [1.165, 1.54) is 60.3 Å². The van der Waals surface area contributed by atoms with E-state index in [-0.39, 0.29) is 0 Å². The number of benzene rings is 2. The molecule has 2 aliphatic rings. The Bertz CT molecular complexity index is 762. The van der Waals surface area contributed by atoms with Gasteiger partial charge in [0.2, 0.25) is 0 Å². The van der Waals surface area contributed by atoms with Crippen LogP contribution in [0.25, 0.3) is 0 Å². The average Bonchev–Trinajstić information content (AvgIpc) is 3.07. The molecule has 2 aliphatic carbocycles. The minimum Gasteiger partial charge on any atom is -0.328 e. The molecule has 138 valence electrons. The zero-order valence-electron chi connectivity index (χ0n) is 16.1. The predicted octanol–water partition coefficient (Wildman–Crippen LogP) is 5.80. The van der Waals surface area contributed by atoms with Crippen LogP contribution in [0.3, 0.4) is 0 Å². The Morgan fingerprint density at radius 3 is 2.54 bits per heavy atom. The molecule has 2 aromatic rings. The molecule has 3 atom stereocenters. The molecule has 0 bridgehead atoms. The fourth-order valence-electron chi connectivity index (χ4n) is 4.79. The van der Waals surface area contributed by atoms with Gasteiger partial charge in [0.25, 0.3) is 0 Å². The minimum absolute atomic E-state index is 0.419. The van der Waals surface area contributed by atoms with Gasteiger partial charge in [-0.05, 0) is 92.0 Å². The Balaban J connectivity index is 1.40. The van der Waals surface area contributed by atoms with Crippen molar-refractivity contribution in [1.29, 1.82) is 0 Å². The Morgan fingerprint density at radius 1 is 1.00 bits per heavy atom. The largest absolute Gasteiger partial charge is 0.328 e. The SMILES string of the molecule is Cc1cccc(C)c1SCC1CCc2cc(C3CCC(N)C3)ccc2C1. The topological polar surface area (TPSA) is 26.0 Å². The van der Waals surface area contributed by atoms with Crippen molar-refractivity contribution in [1.82, 2.24) is 0 Å². The number of thioether (sulfide) groups is 1. The number of hydrogen-bond donors (Lipinski definition) is 1. The number of rotatable bonds is 4. The molecule has 4 rings (SSSR count). The van der Waals surface area contributed by atoms with E-state index in [1.54, 1.807) is 16.7 Å². The lowest BCUT2D eigenvalue weighted by molar-refractivity contribution is 0.508. The maximum atomic E-state index is 6.12. The molecule has 0 aliphatic heterocycles. The van der Waals surface area contributed by atoms with Gasteiger partial charge in [0.1, 0.15) is 0 Å². The average molecular weight is 366 g/mol. The van der Waals surface area contributed by atoms with Crippen molar-refractivity contribution >= 4 is 11.8 Å². The van der Waals surface area contributed by atoms with Crippen LogP contribution >= 0.6 is 11.8 Å². The van der Waals surface area contributed by atoms with Crippen LogP contribution < -0.4 is 5.73 Å². The second-order valence-electron chi connectivity index (χ2n) is 8.44. The number of aryl methyl sites for hydroxylation is 3. The van der Waals surface area contributed by atoms with Crippen LogP contribution in [-0.2, 0) is 12.8 Å². The third-order valence-corrected chi connectivity index (χ3v) is 7.95. The summed E-state index contributed by atoms with van der Waals surface area (Å²) in [6.07, 6.45) is 7.47. The van der Waals surface area contributed by atoms with Gasteiger partial charge in [-0.3, -0.25) is 0 Å². The normalized spacial score (nSPS) is 25.3. The zero-order chi connectivity index (χ0) is 18.1. The lowest BCUT2D eigenvalue weighted by atomic mass is 9.82. The van der Waals surface area contributed by atoms with E-state index in [0.717, 1.165) is 5.92 Å². The summed E-state index contributed by atoms with van der Waals surface area (Å²) < 4.78 is 0. The Kier molecular flexibility index (Phi) is 5.42. The van der Waals surface area contributed by atoms with Gasteiger partial charge in [-0.2, -0.15) is 0 Å².